The zero-order chi connectivity index (χ0) is 14.7. The normalized spacial score (nSPS) is 10.3. The van der Waals surface area contributed by atoms with Gasteiger partial charge in [0, 0.05) is 23.0 Å². The summed E-state index contributed by atoms with van der Waals surface area (Å²) in [6.07, 6.45) is 0. The van der Waals surface area contributed by atoms with Crippen LogP contribution in [0.15, 0.2) is 30.3 Å². The molecule has 0 saturated carbocycles. The van der Waals surface area contributed by atoms with Crippen molar-refractivity contribution in [1.29, 1.82) is 0 Å². The molecule has 1 N–H and O–H groups in total. The van der Waals surface area contributed by atoms with E-state index in [-0.39, 0.29) is 23.8 Å². The van der Waals surface area contributed by atoms with Crippen LogP contribution in [-0.4, -0.2) is 22.3 Å². The summed E-state index contributed by atoms with van der Waals surface area (Å²) in [5.74, 6) is -0.124. The lowest BCUT2D eigenvalue weighted by Crippen LogP contribution is -2.12. The van der Waals surface area contributed by atoms with Crippen LogP contribution in [0.25, 0.3) is 0 Å². The van der Waals surface area contributed by atoms with Crippen molar-refractivity contribution in [3.8, 4) is 5.75 Å². The maximum Gasteiger partial charge on any atom is 0.310 e. The van der Waals surface area contributed by atoms with E-state index < -0.39 is 4.92 Å². The van der Waals surface area contributed by atoms with Crippen molar-refractivity contribution < 1.29 is 14.5 Å². The van der Waals surface area contributed by atoms with Gasteiger partial charge in [0.05, 0.1) is 4.92 Å². The van der Waals surface area contributed by atoms with Crippen molar-refractivity contribution in [1.82, 2.24) is 4.98 Å². The molecule has 0 saturated heterocycles. The summed E-state index contributed by atoms with van der Waals surface area (Å²) in [5, 5.41) is 10.8. The summed E-state index contributed by atoms with van der Waals surface area (Å²) in [4.78, 5) is 25.3. The van der Waals surface area contributed by atoms with Gasteiger partial charge >= 0.3 is 5.69 Å². The first kappa shape index (κ1) is 13.8. The molecule has 2 aromatic rings. The number of nitro benzene ring substituents is 1. The van der Waals surface area contributed by atoms with Gasteiger partial charge in [0.2, 0.25) is 5.78 Å². The topological polar surface area (TPSA) is 85.2 Å². The molecule has 6 nitrogen and oxygen atoms in total. The number of hydrogen-bond acceptors (Lipinski definition) is 4. The molecule has 0 aliphatic carbocycles. The third-order valence-electron chi connectivity index (χ3n) is 2.87. The van der Waals surface area contributed by atoms with Crippen LogP contribution in [0.4, 0.5) is 5.69 Å². The predicted octanol–water partition coefficient (Wildman–Crippen LogP) is 2.80. The molecule has 0 radical (unpaired) electrons. The number of nitrogens with one attached hydrogen (secondary N) is 1. The second-order valence-corrected chi connectivity index (χ2v) is 4.43. The Morgan fingerprint density at radius 1 is 1.35 bits per heavy atom. The number of aromatic nitrogens is 1. The van der Waals surface area contributed by atoms with Gasteiger partial charge in [-0.25, -0.2) is 0 Å². The number of hydrogen-bond donors (Lipinski definition) is 1. The number of aromatic amines is 1. The first-order chi connectivity index (χ1) is 9.49. The van der Waals surface area contributed by atoms with Crippen molar-refractivity contribution in [2.24, 2.45) is 0 Å². The van der Waals surface area contributed by atoms with Crippen molar-refractivity contribution in [2.75, 3.05) is 6.61 Å². The van der Waals surface area contributed by atoms with E-state index in [9.17, 15) is 14.9 Å². The number of H-pyrrole nitrogens is 1. The first-order valence-corrected chi connectivity index (χ1v) is 6.04. The minimum absolute atomic E-state index is 0.0933. The molecule has 0 aliphatic rings. The standard InChI is InChI=1S/C14H14N2O4/c1-9-7-11(10(2)15-9)13(17)8-20-14-6-4-3-5-12(14)16(18)19/h3-7,15H,8H2,1-2H3. The maximum absolute atomic E-state index is 12.0. The highest BCUT2D eigenvalue weighted by Crippen LogP contribution is 2.26. The third-order valence-corrected chi connectivity index (χ3v) is 2.87. The third kappa shape index (κ3) is 2.85. The fourth-order valence-corrected chi connectivity index (χ4v) is 1.96. The van der Waals surface area contributed by atoms with E-state index in [0.717, 1.165) is 11.4 Å². The molecule has 1 aromatic carbocycles. The molecular formula is C14H14N2O4. The van der Waals surface area contributed by atoms with Crippen molar-refractivity contribution in [3.63, 3.8) is 0 Å². The molecule has 0 fully saturated rings. The fourth-order valence-electron chi connectivity index (χ4n) is 1.96. The number of para-hydroxylation sites is 2. The second-order valence-electron chi connectivity index (χ2n) is 4.43. The van der Waals surface area contributed by atoms with E-state index >= 15 is 0 Å². The smallest absolute Gasteiger partial charge is 0.310 e. The van der Waals surface area contributed by atoms with Gasteiger partial charge in [-0.1, -0.05) is 12.1 Å². The minimum Gasteiger partial charge on any atom is -0.478 e. The fraction of sp³-hybridized carbons (Fsp3) is 0.214. The molecule has 0 amide bonds. The largest absolute Gasteiger partial charge is 0.478 e. The van der Waals surface area contributed by atoms with Gasteiger partial charge in [-0.3, -0.25) is 14.9 Å². The zero-order valence-corrected chi connectivity index (χ0v) is 11.2. The number of carbonyl (C=O) groups excluding carboxylic acids is 1. The van der Waals surface area contributed by atoms with E-state index in [0.29, 0.717) is 5.56 Å². The average molecular weight is 274 g/mol. The zero-order valence-electron chi connectivity index (χ0n) is 11.2. The lowest BCUT2D eigenvalue weighted by Gasteiger charge is -2.05. The van der Waals surface area contributed by atoms with Gasteiger partial charge in [0.25, 0.3) is 0 Å². The van der Waals surface area contributed by atoms with Gasteiger partial charge in [0.1, 0.15) is 0 Å². The quantitative estimate of drug-likeness (QED) is 0.516. The molecule has 0 aliphatic heterocycles. The number of ketones is 1. The van der Waals surface area contributed by atoms with Gasteiger partial charge in [-0.05, 0) is 26.0 Å². The van der Waals surface area contributed by atoms with Crippen LogP contribution in [0, 0.1) is 24.0 Å². The maximum atomic E-state index is 12.0. The number of nitrogens with zero attached hydrogens (tertiary/aromatic N) is 1. The van der Waals surface area contributed by atoms with Gasteiger partial charge in [0.15, 0.2) is 12.4 Å². The Hall–Kier alpha value is -2.63. The van der Waals surface area contributed by atoms with Crippen LogP contribution >= 0.6 is 0 Å². The number of rotatable bonds is 5. The van der Waals surface area contributed by atoms with Crippen LogP contribution in [-0.2, 0) is 0 Å². The Morgan fingerprint density at radius 2 is 2.05 bits per heavy atom. The summed E-state index contributed by atoms with van der Waals surface area (Å²) in [6.45, 7) is 3.42. The van der Waals surface area contributed by atoms with Crippen LogP contribution in [0.2, 0.25) is 0 Å². The van der Waals surface area contributed by atoms with Crippen molar-refractivity contribution in [3.05, 3.63) is 57.4 Å². The number of ether oxygens (including phenoxy) is 1. The highest BCUT2D eigenvalue weighted by atomic mass is 16.6. The molecule has 0 spiro atoms. The molecule has 2 rings (SSSR count). The molecule has 20 heavy (non-hydrogen) atoms. The lowest BCUT2D eigenvalue weighted by molar-refractivity contribution is -0.385. The Kier molecular flexibility index (Phi) is 3.84. The van der Waals surface area contributed by atoms with Crippen LogP contribution in [0.5, 0.6) is 5.75 Å². The highest BCUT2D eigenvalue weighted by molar-refractivity contribution is 5.98. The van der Waals surface area contributed by atoms with E-state index in [1.165, 1.54) is 12.1 Å². The molecule has 6 heteroatoms. The summed E-state index contributed by atoms with van der Waals surface area (Å²) in [6, 6.07) is 7.72. The van der Waals surface area contributed by atoms with E-state index in [4.69, 9.17) is 4.74 Å². The number of Topliss-reactive ketones (excluding diaryl/α,β-unsaturated/α-hetero) is 1. The number of nitro groups is 1. The predicted molar refractivity (Wildman–Crippen MR) is 73.2 cm³/mol. The SMILES string of the molecule is Cc1cc(C(=O)COc2ccccc2[N+](=O)[O-])c(C)[nH]1. The molecule has 1 aromatic heterocycles. The van der Waals surface area contributed by atoms with Crippen LogP contribution in [0.3, 0.4) is 0 Å². The minimum atomic E-state index is -0.536. The summed E-state index contributed by atoms with van der Waals surface area (Å²) >= 11 is 0. The molecule has 0 unspecified atom stereocenters. The summed E-state index contributed by atoms with van der Waals surface area (Å²) < 4.78 is 5.27. The number of benzene rings is 1. The summed E-state index contributed by atoms with van der Waals surface area (Å²) in [5.41, 5.74) is 2.04. The first-order valence-electron chi connectivity index (χ1n) is 6.04. The van der Waals surface area contributed by atoms with Gasteiger partial charge < -0.3 is 9.72 Å². The Labute approximate surface area is 115 Å². The molecule has 104 valence electrons. The Bertz CT molecular complexity index is 661. The average Bonchev–Trinajstić information content (AvgIpc) is 2.75. The lowest BCUT2D eigenvalue weighted by atomic mass is 10.1. The van der Waals surface area contributed by atoms with Gasteiger partial charge in [-0.2, -0.15) is 0 Å². The second kappa shape index (κ2) is 5.56. The molecule has 1 heterocycles. The molecule has 0 atom stereocenters. The van der Waals surface area contributed by atoms with E-state index in [1.54, 1.807) is 25.1 Å². The Morgan fingerprint density at radius 3 is 2.65 bits per heavy atom. The van der Waals surface area contributed by atoms with Crippen molar-refractivity contribution >= 4 is 11.5 Å². The van der Waals surface area contributed by atoms with Crippen molar-refractivity contribution in [2.45, 2.75) is 13.8 Å². The Balaban J connectivity index is 2.11. The van der Waals surface area contributed by atoms with E-state index in [1.807, 2.05) is 6.92 Å². The van der Waals surface area contributed by atoms with Gasteiger partial charge in [-0.15, -0.1) is 0 Å². The summed E-state index contributed by atoms with van der Waals surface area (Å²) in [7, 11) is 0. The monoisotopic (exact) mass is 274 g/mol. The number of carbonyl (C=O) groups is 1. The highest BCUT2D eigenvalue weighted by Gasteiger charge is 2.17. The van der Waals surface area contributed by atoms with Crippen LogP contribution in [0.1, 0.15) is 21.7 Å². The van der Waals surface area contributed by atoms with Crippen LogP contribution < -0.4 is 4.74 Å². The molecular weight excluding hydrogens is 260 g/mol. The molecule has 0 bridgehead atoms. The number of aryl methyl sites for hydroxylation is 2. The van der Waals surface area contributed by atoms with E-state index in [2.05, 4.69) is 4.98 Å².